The van der Waals surface area contributed by atoms with Crippen molar-refractivity contribution in [3.63, 3.8) is 0 Å². The molecule has 5 rings (SSSR count). The van der Waals surface area contributed by atoms with Gasteiger partial charge in [0.15, 0.2) is 11.5 Å². The van der Waals surface area contributed by atoms with Crippen molar-refractivity contribution in [2.75, 3.05) is 18.0 Å². The molecule has 8 heteroatoms. The average Bonchev–Trinajstić information content (AvgIpc) is 3.75. The number of aldehydes is 1. The number of nitriles is 1. The molecule has 0 unspecified atom stereocenters. The van der Waals surface area contributed by atoms with Gasteiger partial charge in [-0.15, -0.1) is 10.2 Å². The van der Waals surface area contributed by atoms with Crippen LogP contribution in [0.3, 0.4) is 0 Å². The van der Waals surface area contributed by atoms with Gasteiger partial charge in [-0.25, -0.2) is 0 Å². The lowest BCUT2D eigenvalue weighted by molar-refractivity contribution is -0.111. The second kappa shape index (κ2) is 10.4. The highest BCUT2D eigenvalue weighted by molar-refractivity contribution is 5.92. The smallest absolute Gasteiger partial charge is 0.272 e. The number of aromatic nitrogens is 2. The molecule has 1 aromatic carbocycles. The summed E-state index contributed by atoms with van der Waals surface area (Å²) in [7, 11) is 0. The third kappa shape index (κ3) is 5.61. The van der Waals surface area contributed by atoms with Crippen LogP contribution in [0.25, 0.3) is 0 Å². The van der Waals surface area contributed by atoms with Crippen LogP contribution in [0.15, 0.2) is 30.3 Å². The molecule has 2 saturated carbocycles. The van der Waals surface area contributed by atoms with Crippen LogP contribution in [0, 0.1) is 17.2 Å². The molecule has 1 aromatic heterocycles. The Kier molecular flexibility index (Phi) is 6.94. The van der Waals surface area contributed by atoms with Gasteiger partial charge >= 0.3 is 0 Å². The predicted molar refractivity (Wildman–Crippen MR) is 130 cm³/mol. The third-order valence-corrected chi connectivity index (χ3v) is 7.41. The van der Waals surface area contributed by atoms with Crippen LogP contribution < -0.4 is 15.0 Å². The van der Waals surface area contributed by atoms with E-state index in [1.807, 2.05) is 24.3 Å². The highest BCUT2D eigenvalue weighted by atomic mass is 16.5. The van der Waals surface area contributed by atoms with Crippen LogP contribution in [0.4, 0.5) is 5.82 Å². The van der Waals surface area contributed by atoms with Gasteiger partial charge in [0.1, 0.15) is 12.0 Å². The highest BCUT2D eigenvalue weighted by Crippen LogP contribution is 2.43. The largest absolute Gasteiger partial charge is 0.490 e. The number of carbonyl (C=O) groups excluding carboxylic acids is 2. The summed E-state index contributed by atoms with van der Waals surface area (Å²) in [6.07, 6.45) is 8.53. The summed E-state index contributed by atoms with van der Waals surface area (Å²) in [5, 5.41) is 20.8. The molecule has 2 aromatic rings. The van der Waals surface area contributed by atoms with Crippen LogP contribution in [0.5, 0.6) is 5.75 Å². The van der Waals surface area contributed by atoms with E-state index in [1.165, 1.54) is 0 Å². The van der Waals surface area contributed by atoms with Gasteiger partial charge in [0.25, 0.3) is 5.91 Å². The van der Waals surface area contributed by atoms with E-state index >= 15 is 0 Å². The molecule has 3 fully saturated rings. The summed E-state index contributed by atoms with van der Waals surface area (Å²) in [5.74, 6) is 2.02. The Bertz CT molecular complexity index is 1090. The molecule has 8 nitrogen and oxygen atoms in total. The fourth-order valence-electron chi connectivity index (χ4n) is 5.10. The first-order valence-corrected chi connectivity index (χ1v) is 12.7. The number of anilines is 1. The van der Waals surface area contributed by atoms with Gasteiger partial charge in [0.2, 0.25) is 0 Å². The fraction of sp³-hybridized carbons (Fsp3) is 0.519. The van der Waals surface area contributed by atoms with Crippen LogP contribution in [0.1, 0.15) is 78.9 Å². The summed E-state index contributed by atoms with van der Waals surface area (Å²) in [5.41, 5.74) is 2.19. The minimum Gasteiger partial charge on any atom is -0.490 e. The molecule has 1 saturated heterocycles. The molecule has 1 N–H and O–H groups in total. The van der Waals surface area contributed by atoms with Crippen molar-refractivity contribution >= 4 is 18.0 Å². The number of nitrogens with zero attached hydrogens (tertiary/aromatic N) is 4. The van der Waals surface area contributed by atoms with E-state index in [4.69, 9.17) is 4.74 Å². The van der Waals surface area contributed by atoms with Crippen molar-refractivity contribution in [1.82, 2.24) is 15.5 Å². The Hall–Kier alpha value is -3.47. The molecule has 0 radical (unpaired) electrons. The summed E-state index contributed by atoms with van der Waals surface area (Å²) < 4.78 is 6.23. The van der Waals surface area contributed by atoms with Crippen molar-refractivity contribution < 1.29 is 14.3 Å². The number of ether oxygens (including phenoxy) is 1. The first-order valence-electron chi connectivity index (χ1n) is 12.7. The third-order valence-electron chi connectivity index (χ3n) is 7.41. The first kappa shape index (κ1) is 23.3. The average molecular weight is 474 g/mol. The van der Waals surface area contributed by atoms with Gasteiger partial charge in [-0.1, -0.05) is 0 Å². The van der Waals surface area contributed by atoms with Crippen LogP contribution in [-0.4, -0.2) is 47.6 Å². The second-order valence-electron chi connectivity index (χ2n) is 9.94. The molecule has 1 amide bonds. The molecule has 3 aliphatic rings. The molecule has 0 bridgehead atoms. The monoisotopic (exact) mass is 473 g/mol. The van der Waals surface area contributed by atoms with Crippen molar-refractivity contribution in [3.8, 4) is 11.8 Å². The van der Waals surface area contributed by atoms with Crippen molar-refractivity contribution in [2.24, 2.45) is 5.92 Å². The summed E-state index contributed by atoms with van der Waals surface area (Å²) in [4.78, 5) is 25.7. The maximum Gasteiger partial charge on any atom is 0.272 e. The molecule has 0 spiro atoms. The Morgan fingerprint density at radius 2 is 1.80 bits per heavy atom. The molecular formula is C27H31N5O3. The number of carbonyl (C=O) groups is 2. The maximum atomic E-state index is 12.7. The number of nitrogens with one attached hydrogen (secondary N) is 1. The van der Waals surface area contributed by atoms with Gasteiger partial charge < -0.3 is 19.7 Å². The Labute approximate surface area is 205 Å². The van der Waals surface area contributed by atoms with Crippen molar-refractivity contribution in [1.29, 1.82) is 5.26 Å². The molecule has 182 valence electrons. The van der Waals surface area contributed by atoms with Gasteiger partial charge in [-0.05, 0) is 93.2 Å². The number of hydrogen-bond acceptors (Lipinski definition) is 7. The molecule has 2 heterocycles. The standard InChI is InChI=1S/C27H31N5O3/c28-16-20-3-6-23(15-24(20)19-1-2-19)35-22-7-4-21(5-8-22)29-27(34)25-9-10-26(31-30-25)32-13-11-18(17-33)12-14-32/h3,6,9-10,15,17-19,21-22H,1-2,4-5,7-8,11-14H2,(H,29,34). The predicted octanol–water partition coefficient (Wildman–Crippen LogP) is 3.76. The lowest BCUT2D eigenvalue weighted by Gasteiger charge is -2.30. The fourth-order valence-corrected chi connectivity index (χ4v) is 5.10. The van der Waals surface area contributed by atoms with E-state index in [0.29, 0.717) is 11.6 Å². The van der Waals surface area contributed by atoms with E-state index in [-0.39, 0.29) is 24.0 Å². The molecule has 1 aliphatic heterocycles. The molecule has 35 heavy (non-hydrogen) atoms. The summed E-state index contributed by atoms with van der Waals surface area (Å²) in [6, 6.07) is 11.7. The van der Waals surface area contributed by atoms with Crippen LogP contribution in [-0.2, 0) is 4.79 Å². The first-order chi connectivity index (χ1) is 17.1. The SMILES string of the molecule is N#Cc1ccc(OC2CCC(NC(=O)c3ccc(N4CCC(C=O)CC4)nn3)CC2)cc1C1CC1. The molecular weight excluding hydrogens is 442 g/mol. The Morgan fingerprint density at radius 1 is 1.03 bits per heavy atom. The quantitative estimate of drug-likeness (QED) is 0.610. The zero-order valence-corrected chi connectivity index (χ0v) is 19.9. The van der Waals surface area contributed by atoms with Gasteiger partial charge in [-0.3, -0.25) is 4.79 Å². The number of piperidine rings is 1. The number of benzene rings is 1. The molecule has 2 aliphatic carbocycles. The number of rotatable bonds is 7. The summed E-state index contributed by atoms with van der Waals surface area (Å²) >= 11 is 0. The maximum absolute atomic E-state index is 12.7. The lowest BCUT2D eigenvalue weighted by Crippen LogP contribution is -2.40. The number of hydrogen-bond donors (Lipinski definition) is 1. The van der Waals surface area contributed by atoms with E-state index in [1.54, 1.807) is 6.07 Å². The van der Waals surface area contributed by atoms with E-state index in [2.05, 4.69) is 26.5 Å². The Balaban J connectivity index is 1.09. The zero-order valence-electron chi connectivity index (χ0n) is 19.9. The normalized spacial score (nSPS) is 22.8. The zero-order chi connectivity index (χ0) is 24.2. The van der Waals surface area contributed by atoms with Gasteiger partial charge in [0.05, 0.1) is 17.7 Å². The van der Waals surface area contributed by atoms with E-state index < -0.39 is 0 Å². The van der Waals surface area contributed by atoms with E-state index in [9.17, 15) is 14.9 Å². The molecule has 0 atom stereocenters. The minimum atomic E-state index is -0.200. The van der Waals surface area contributed by atoms with Crippen molar-refractivity contribution in [2.45, 2.75) is 69.4 Å². The van der Waals surface area contributed by atoms with Crippen LogP contribution in [0.2, 0.25) is 0 Å². The van der Waals surface area contributed by atoms with Crippen molar-refractivity contribution in [3.05, 3.63) is 47.2 Å². The minimum absolute atomic E-state index is 0.0918. The Morgan fingerprint density at radius 3 is 2.43 bits per heavy atom. The number of amides is 1. The van der Waals surface area contributed by atoms with Crippen LogP contribution >= 0.6 is 0 Å². The summed E-state index contributed by atoms with van der Waals surface area (Å²) in [6.45, 7) is 1.55. The lowest BCUT2D eigenvalue weighted by atomic mass is 9.92. The topological polar surface area (TPSA) is 108 Å². The van der Waals surface area contributed by atoms with Gasteiger partial charge in [-0.2, -0.15) is 5.26 Å². The second-order valence-corrected chi connectivity index (χ2v) is 9.94. The van der Waals surface area contributed by atoms with E-state index in [0.717, 1.165) is 93.4 Å². The van der Waals surface area contributed by atoms with Gasteiger partial charge in [0, 0.05) is 25.0 Å². The highest BCUT2D eigenvalue weighted by Gasteiger charge is 2.28.